The van der Waals surface area contributed by atoms with Crippen LogP contribution in [0.2, 0.25) is 0 Å². The minimum Gasteiger partial charge on any atom is -0.369 e. The highest BCUT2D eigenvalue weighted by Gasteiger charge is 2.06. The first-order chi connectivity index (χ1) is 6.77. The quantitative estimate of drug-likeness (QED) is 0.631. The summed E-state index contributed by atoms with van der Waals surface area (Å²) >= 11 is 2.90. The van der Waals surface area contributed by atoms with E-state index in [-0.39, 0.29) is 11.7 Å². The molecule has 0 saturated carbocycles. The Morgan fingerprint density at radius 2 is 2.43 bits per heavy atom. The van der Waals surface area contributed by atoms with Crippen LogP contribution in [0.25, 0.3) is 10.2 Å². The minimum atomic E-state index is -0.336. The Balaban J connectivity index is 2.32. The number of hydrogen-bond donors (Lipinski definition) is 1. The van der Waals surface area contributed by atoms with Crippen molar-refractivity contribution in [3.8, 4) is 0 Å². The average Bonchev–Trinajstić information content (AvgIpc) is 2.62. The maximum atomic E-state index is 10.6. The van der Waals surface area contributed by atoms with E-state index in [1.807, 2.05) is 11.4 Å². The molecule has 0 aliphatic rings. The number of fused-ring (bicyclic) bond motifs is 1. The molecule has 2 aromatic heterocycles. The van der Waals surface area contributed by atoms with Crippen molar-refractivity contribution in [1.29, 1.82) is 0 Å². The molecule has 6 heteroatoms. The number of carbonyl (C=O) groups is 1. The predicted octanol–water partition coefficient (Wildman–Crippen LogP) is 1.27. The number of amides is 1. The highest BCUT2D eigenvalue weighted by atomic mass is 32.2. The van der Waals surface area contributed by atoms with Gasteiger partial charge in [-0.1, -0.05) is 11.8 Å². The van der Waals surface area contributed by atoms with E-state index >= 15 is 0 Å². The highest BCUT2D eigenvalue weighted by Crippen LogP contribution is 2.27. The molecule has 0 unspecified atom stereocenters. The monoisotopic (exact) mass is 225 g/mol. The fourth-order valence-corrected chi connectivity index (χ4v) is 2.54. The first kappa shape index (κ1) is 9.42. The third-order valence-electron chi connectivity index (χ3n) is 1.58. The standard InChI is InChI=1S/C8H7N3OS2/c9-6(12)3-14-8-5-1-2-13-7(5)10-4-11-8/h1-2,4H,3H2,(H2,9,12). The van der Waals surface area contributed by atoms with Crippen molar-refractivity contribution in [2.75, 3.05) is 5.75 Å². The third-order valence-corrected chi connectivity index (χ3v) is 3.42. The Bertz CT molecular complexity index is 468. The largest absolute Gasteiger partial charge is 0.369 e. The van der Waals surface area contributed by atoms with E-state index in [0.29, 0.717) is 0 Å². The Labute approximate surface area is 88.5 Å². The minimum absolute atomic E-state index is 0.252. The molecule has 0 atom stereocenters. The first-order valence-electron chi connectivity index (χ1n) is 3.86. The van der Waals surface area contributed by atoms with Gasteiger partial charge in [0.1, 0.15) is 16.2 Å². The summed E-state index contributed by atoms with van der Waals surface area (Å²) in [6, 6.07) is 1.95. The molecule has 4 nitrogen and oxygen atoms in total. The lowest BCUT2D eigenvalue weighted by Gasteiger charge is -1.98. The van der Waals surface area contributed by atoms with Gasteiger partial charge in [0, 0.05) is 5.39 Å². The Hall–Kier alpha value is -1.14. The van der Waals surface area contributed by atoms with Crippen molar-refractivity contribution >= 4 is 39.2 Å². The lowest BCUT2D eigenvalue weighted by atomic mass is 10.4. The number of hydrogen-bond acceptors (Lipinski definition) is 5. The van der Waals surface area contributed by atoms with Crippen LogP contribution in [0.1, 0.15) is 0 Å². The highest BCUT2D eigenvalue weighted by molar-refractivity contribution is 8.00. The van der Waals surface area contributed by atoms with Crippen molar-refractivity contribution in [3.63, 3.8) is 0 Å². The number of thioether (sulfide) groups is 1. The Morgan fingerprint density at radius 3 is 3.21 bits per heavy atom. The second-order valence-corrected chi connectivity index (χ2v) is 4.43. The molecule has 0 aromatic carbocycles. The van der Waals surface area contributed by atoms with Crippen molar-refractivity contribution in [1.82, 2.24) is 9.97 Å². The second-order valence-electron chi connectivity index (χ2n) is 2.57. The van der Waals surface area contributed by atoms with Crippen LogP contribution >= 0.6 is 23.1 Å². The van der Waals surface area contributed by atoms with Gasteiger partial charge in [-0.2, -0.15) is 0 Å². The molecule has 2 heterocycles. The molecule has 0 aliphatic heterocycles. The Morgan fingerprint density at radius 1 is 1.57 bits per heavy atom. The maximum absolute atomic E-state index is 10.6. The smallest absolute Gasteiger partial charge is 0.227 e. The number of aromatic nitrogens is 2. The molecule has 0 fully saturated rings. The first-order valence-corrected chi connectivity index (χ1v) is 5.73. The van der Waals surface area contributed by atoms with E-state index in [4.69, 9.17) is 5.73 Å². The summed E-state index contributed by atoms with van der Waals surface area (Å²) < 4.78 is 0. The van der Waals surface area contributed by atoms with E-state index in [2.05, 4.69) is 9.97 Å². The van der Waals surface area contributed by atoms with Crippen LogP contribution in [0.15, 0.2) is 22.8 Å². The summed E-state index contributed by atoms with van der Waals surface area (Å²) in [5.41, 5.74) is 5.06. The second kappa shape index (κ2) is 3.93. The van der Waals surface area contributed by atoms with Crippen LogP contribution in [-0.4, -0.2) is 21.6 Å². The van der Waals surface area contributed by atoms with Gasteiger partial charge in [-0.15, -0.1) is 11.3 Å². The van der Waals surface area contributed by atoms with Crippen LogP contribution < -0.4 is 5.73 Å². The van der Waals surface area contributed by atoms with Gasteiger partial charge in [0.25, 0.3) is 0 Å². The number of primary amides is 1. The topological polar surface area (TPSA) is 68.9 Å². The predicted molar refractivity (Wildman–Crippen MR) is 57.3 cm³/mol. The maximum Gasteiger partial charge on any atom is 0.227 e. The number of thiophene rings is 1. The molecule has 14 heavy (non-hydrogen) atoms. The molecule has 1 amide bonds. The molecule has 0 radical (unpaired) electrons. The zero-order valence-electron chi connectivity index (χ0n) is 7.14. The fraction of sp³-hybridized carbons (Fsp3) is 0.125. The lowest BCUT2D eigenvalue weighted by Crippen LogP contribution is -2.13. The molecule has 2 aromatic rings. The molecule has 0 spiro atoms. The van der Waals surface area contributed by atoms with E-state index in [9.17, 15) is 4.79 Å². The van der Waals surface area contributed by atoms with E-state index in [0.717, 1.165) is 15.2 Å². The molecular formula is C8H7N3OS2. The summed E-state index contributed by atoms with van der Waals surface area (Å²) in [5.74, 6) is -0.0842. The van der Waals surface area contributed by atoms with Crippen molar-refractivity contribution in [2.24, 2.45) is 5.73 Å². The van der Waals surface area contributed by atoms with E-state index in [1.165, 1.54) is 18.1 Å². The van der Waals surface area contributed by atoms with Crippen LogP contribution in [-0.2, 0) is 4.79 Å². The van der Waals surface area contributed by atoms with Gasteiger partial charge in [-0.3, -0.25) is 4.79 Å². The van der Waals surface area contributed by atoms with Crippen LogP contribution in [0.4, 0.5) is 0 Å². The van der Waals surface area contributed by atoms with Crippen LogP contribution in [0.5, 0.6) is 0 Å². The molecule has 0 aliphatic carbocycles. The van der Waals surface area contributed by atoms with Crippen molar-refractivity contribution in [2.45, 2.75) is 5.03 Å². The van der Waals surface area contributed by atoms with E-state index in [1.54, 1.807) is 11.3 Å². The van der Waals surface area contributed by atoms with Gasteiger partial charge in [0.15, 0.2) is 0 Å². The molecule has 0 bridgehead atoms. The number of nitrogens with two attached hydrogens (primary N) is 1. The number of rotatable bonds is 3. The summed E-state index contributed by atoms with van der Waals surface area (Å²) in [6.45, 7) is 0. The summed E-state index contributed by atoms with van der Waals surface area (Å²) in [4.78, 5) is 19.8. The lowest BCUT2D eigenvalue weighted by molar-refractivity contribution is -0.115. The van der Waals surface area contributed by atoms with Crippen molar-refractivity contribution < 1.29 is 4.79 Å². The van der Waals surface area contributed by atoms with Crippen LogP contribution in [0, 0.1) is 0 Å². The molecule has 0 saturated heterocycles. The molecule has 72 valence electrons. The molecule has 2 N–H and O–H groups in total. The van der Waals surface area contributed by atoms with Crippen molar-refractivity contribution in [3.05, 3.63) is 17.8 Å². The van der Waals surface area contributed by atoms with Gasteiger partial charge in [-0.05, 0) is 11.4 Å². The fourth-order valence-electron chi connectivity index (χ4n) is 1.02. The third kappa shape index (κ3) is 1.85. The SMILES string of the molecule is NC(=O)CSc1ncnc2sccc12. The van der Waals surface area contributed by atoms with Gasteiger partial charge in [0.2, 0.25) is 5.91 Å². The number of carbonyl (C=O) groups excluding carboxylic acids is 1. The normalized spacial score (nSPS) is 10.6. The van der Waals surface area contributed by atoms with E-state index < -0.39 is 0 Å². The van der Waals surface area contributed by atoms with Gasteiger partial charge < -0.3 is 5.73 Å². The Kier molecular flexibility index (Phi) is 2.64. The zero-order chi connectivity index (χ0) is 9.97. The molecular weight excluding hydrogens is 218 g/mol. The average molecular weight is 225 g/mol. The van der Waals surface area contributed by atoms with Gasteiger partial charge >= 0.3 is 0 Å². The van der Waals surface area contributed by atoms with Gasteiger partial charge in [0.05, 0.1) is 5.75 Å². The van der Waals surface area contributed by atoms with Crippen LogP contribution in [0.3, 0.4) is 0 Å². The summed E-state index contributed by atoms with van der Waals surface area (Å²) in [5, 5.41) is 3.76. The van der Waals surface area contributed by atoms with Gasteiger partial charge in [-0.25, -0.2) is 9.97 Å². The summed E-state index contributed by atoms with van der Waals surface area (Å²) in [7, 11) is 0. The molecule has 2 rings (SSSR count). The number of nitrogens with zero attached hydrogens (tertiary/aromatic N) is 2. The summed E-state index contributed by atoms with van der Waals surface area (Å²) in [6.07, 6.45) is 1.50. The zero-order valence-corrected chi connectivity index (χ0v) is 8.77.